The van der Waals surface area contributed by atoms with E-state index in [0.29, 0.717) is 25.2 Å². The summed E-state index contributed by atoms with van der Waals surface area (Å²) in [6, 6.07) is 8.19. The van der Waals surface area contributed by atoms with Gasteiger partial charge in [-0.05, 0) is 42.9 Å². The molecule has 1 aromatic carbocycles. The summed E-state index contributed by atoms with van der Waals surface area (Å²) >= 11 is 0. The number of ether oxygens (including phenoxy) is 1. The van der Waals surface area contributed by atoms with Crippen molar-refractivity contribution >= 4 is 16.7 Å². The van der Waals surface area contributed by atoms with E-state index in [1.165, 1.54) is 5.56 Å². The first-order valence-corrected chi connectivity index (χ1v) is 10.2. The van der Waals surface area contributed by atoms with Gasteiger partial charge in [0.05, 0.1) is 6.61 Å². The Balaban J connectivity index is 2.23. The van der Waals surface area contributed by atoms with E-state index >= 15 is 0 Å². The number of hydrogen-bond acceptors (Lipinski definition) is 3. The van der Waals surface area contributed by atoms with Gasteiger partial charge >= 0.3 is 0 Å². The van der Waals surface area contributed by atoms with Crippen LogP contribution in [0.4, 0.5) is 0 Å². The molecule has 24 heavy (non-hydrogen) atoms. The van der Waals surface area contributed by atoms with Gasteiger partial charge in [-0.1, -0.05) is 32.9 Å². The zero-order chi connectivity index (χ0) is 18.2. The first-order valence-electron chi connectivity index (χ1n) is 8.51. The second-order valence-electron chi connectivity index (χ2n) is 7.26. The molecule has 136 valence electrons. The molecule has 1 N–H and O–H groups in total. The summed E-state index contributed by atoms with van der Waals surface area (Å²) in [6.07, 6.45) is 3.55. The minimum Gasteiger partial charge on any atom is -0.494 e. The molecule has 1 rings (SSSR count). The third kappa shape index (κ3) is 8.48. The summed E-state index contributed by atoms with van der Waals surface area (Å²) in [5.74, 6) is 1.48. The molecule has 0 bridgehead atoms. The maximum Gasteiger partial charge on any atom is 0.220 e. The number of carbonyl (C=O) groups is 1. The molecule has 0 saturated heterocycles. The van der Waals surface area contributed by atoms with Crippen LogP contribution in [-0.2, 0) is 21.0 Å². The Bertz CT molecular complexity index is 535. The van der Waals surface area contributed by atoms with Crippen molar-refractivity contribution in [2.24, 2.45) is 0 Å². The number of amides is 1. The third-order valence-corrected chi connectivity index (χ3v) is 4.59. The fourth-order valence-electron chi connectivity index (χ4n) is 2.24. The minimum absolute atomic E-state index is 0.0241. The molecule has 0 aliphatic heterocycles. The quantitative estimate of drug-likeness (QED) is 0.692. The molecule has 2 atom stereocenters. The molecule has 4 nitrogen and oxygen atoms in total. The Morgan fingerprint density at radius 1 is 1.25 bits per heavy atom. The first-order chi connectivity index (χ1) is 11.2. The summed E-state index contributed by atoms with van der Waals surface area (Å²) in [4.78, 5) is 11.8. The number of nitrogens with one attached hydrogen (secondary N) is 1. The van der Waals surface area contributed by atoms with E-state index in [4.69, 9.17) is 4.74 Å². The van der Waals surface area contributed by atoms with E-state index < -0.39 is 10.8 Å². The molecule has 1 aromatic rings. The highest BCUT2D eigenvalue weighted by Crippen LogP contribution is 2.24. The topological polar surface area (TPSA) is 55.4 Å². The normalized spacial score (nSPS) is 14.0. The lowest BCUT2D eigenvalue weighted by Gasteiger charge is -2.19. The SMILES string of the molecule is C[C@H](CC[S@@](C)=O)NC(=O)CCCOc1ccc(C(C)(C)C)cc1. The first kappa shape index (κ1) is 20.7. The molecular weight excluding hydrogens is 322 g/mol. The smallest absolute Gasteiger partial charge is 0.220 e. The van der Waals surface area contributed by atoms with Crippen molar-refractivity contribution in [2.45, 2.75) is 58.4 Å². The Labute approximate surface area is 148 Å². The van der Waals surface area contributed by atoms with Gasteiger partial charge in [-0.2, -0.15) is 0 Å². The number of hydrogen-bond donors (Lipinski definition) is 1. The molecule has 0 spiro atoms. The molecule has 0 unspecified atom stereocenters. The van der Waals surface area contributed by atoms with Gasteiger partial charge in [0.1, 0.15) is 5.75 Å². The molecule has 0 aliphatic carbocycles. The van der Waals surface area contributed by atoms with Crippen LogP contribution in [0.1, 0.15) is 52.5 Å². The van der Waals surface area contributed by atoms with E-state index in [0.717, 1.165) is 12.2 Å². The van der Waals surface area contributed by atoms with Crippen LogP contribution in [0.2, 0.25) is 0 Å². The molecule has 0 aromatic heterocycles. The number of carbonyl (C=O) groups excluding carboxylic acids is 1. The van der Waals surface area contributed by atoms with E-state index in [1.807, 2.05) is 19.1 Å². The van der Waals surface area contributed by atoms with Crippen LogP contribution in [0.15, 0.2) is 24.3 Å². The zero-order valence-electron chi connectivity index (χ0n) is 15.6. The van der Waals surface area contributed by atoms with Gasteiger partial charge in [-0.3, -0.25) is 9.00 Å². The van der Waals surface area contributed by atoms with Crippen LogP contribution in [0.3, 0.4) is 0 Å². The third-order valence-electron chi connectivity index (χ3n) is 3.78. The van der Waals surface area contributed by atoms with Crippen molar-refractivity contribution in [2.75, 3.05) is 18.6 Å². The van der Waals surface area contributed by atoms with E-state index in [2.05, 4.69) is 38.2 Å². The largest absolute Gasteiger partial charge is 0.494 e. The molecule has 0 heterocycles. The fourth-order valence-corrected chi connectivity index (χ4v) is 2.92. The van der Waals surface area contributed by atoms with Gasteiger partial charge < -0.3 is 10.1 Å². The summed E-state index contributed by atoms with van der Waals surface area (Å²) in [7, 11) is -0.808. The Morgan fingerprint density at radius 2 is 1.88 bits per heavy atom. The highest BCUT2D eigenvalue weighted by molar-refractivity contribution is 7.84. The maximum absolute atomic E-state index is 11.8. The van der Waals surface area contributed by atoms with Crippen LogP contribution in [-0.4, -0.2) is 34.8 Å². The van der Waals surface area contributed by atoms with Crippen LogP contribution in [0.5, 0.6) is 5.75 Å². The molecular formula is C19H31NO3S. The van der Waals surface area contributed by atoms with Crippen molar-refractivity contribution < 1.29 is 13.7 Å². The second kappa shape index (κ2) is 9.82. The molecule has 0 radical (unpaired) electrons. The van der Waals surface area contributed by atoms with Gasteiger partial charge in [-0.15, -0.1) is 0 Å². The molecule has 5 heteroatoms. The highest BCUT2D eigenvalue weighted by Gasteiger charge is 2.13. The lowest BCUT2D eigenvalue weighted by Crippen LogP contribution is -2.33. The average Bonchev–Trinajstić information content (AvgIpc) is 2.49. The number of rotatable bonds is 9. The van der Waals surface area contributed by atoms with Gasteiger partial charge in [0.15, 0.2) is 0 Å². The zero-order valence-corrected chi connectivity index (χ0v) is 16.4. The minimum atomic E-state index is -0.808. The molecule has 0 saturated carbocycles. The van der Waals surface area contributed by atoms with Crippen molar-refractivity contribution in [3.05, 3.63) is 29.8 Å². The Morgan fingerprint density at radius 3 is 2.42 bits per heavy atom. The predicted octanol–water partition coefficient (Wildman–Crippen LogP) is 3.42. The van der Waals surface area contributed by atoms with E-state index in [1.54, 1.807) is 6.26 Å². The lowest BCUT2D eigenvalue weighted by molar-refractivity contribution is -0.121. The van der Waals surface area contributed by atoms with Gasteiger partial charge in [0.25, 0.3) is 0 Å². The van der Waals surface area contributed by atoms with Gasteiger partial charge in [0.2, 0.25) is 5.91 Å². The average molecular weight is 354 g/mol. The summed E-state index contributed by atoms with van der Waals surface area (Å²) in [6.45, 7) is 9.01. The molecule has 0 fully saturated rings. The standard InChI is InChI=1S/C19H31NO3S/c1-15(12-14-24(5)22)20-18(21)7-6-13-23-17-10-8-16(9-11-17)19(2,3)4/h8-11,15H,6-7,12-14H2,1-5H3,(H,20,21)/t15-,24-/m1/s1. The Kier molecular flexibility index (Phi) is 8.46. The van der Waals surface area contributed by atoms with Crippen LogP contribution >= 0.6 is 0 Å². The van der Waals surface area contributed by atoms with Gasteiger partial charge in [-0.25, -0.2) is 0 Å². The highest BCUT2D eigenvalue weighted by atomic mass is 32.2. The van der Waals surface area contributed by atoms with E-state index in [-0.39, 0.29) is 17.4 Å². The summed E-state index contributed by atoms with van der Waals surface area (Å²) in [5, 5.41) is 2.93. The van der Waals surface area contributed by atoms with Crippen LogP contribution in [0.25, 0.3) is 0 Å². The summed E-state index contributed by atoms with van der Waals surface area (Å²) < 4.78 is 16.7. The lowest BCUT2D eigenvalue weighted by atomic mass is 9.87. The predicted molar refractivity (Wildman–Crippen MR) is 101 cm³/mol. The maximum atomic E-state index is 11.8. The fraction of sp³-hybridized carbons (Fsp3) is 0.632. The summed E-state index contributed by atoms with van der Waals surface area (Å²) in [5.41, 5.74) is 1.41. The van der Waals surface area contributed by atoms with E-state index in [9.17, 15) is 9.00 Å². The van der Waals surface area contributed by atoms with Gasteiger partial charge in [0, 0.05) is 35.3 Å². The molecule has 1 amide bonds. The Hall–Kier alpha value is -1.36. The second-order valence-corrected chi connectivity index (χ2v) is 8.82. The van der Waals surface area contributed by atoms with Crippen molar-refractivity contribution in [3.8, 4) is 5.75 Å². The van der Waals surface area contributed by atoms with Crippen molar-refractivity contribution in [1.82, 2.24) is 5.32 Å². The van der Waals surface area contributed by atoms with Crippen LogP contribution in [0, 0.1) is 0 Å². The van der Waals surface area contributed by atoms with Crippen LogP contribution < -0.4 is 10.1 Å². The molecule has 0 aliphatic rings. The van der Waals surface area contributed by atoms with Crippen molar-refractivity contribution in [3.63, 3.8) is 0 Å². The van der Waals surface area contributed by atoms with Crippen molar-refractivity contribution in [1.29, 1.82) is 0 Å². The monoisotopic (exact) mass is 353 g/mol. The number of benzene rings is 1.